The summed E-state index contributed by atoms with van der Waals surface area (Å²) < 4.78 is 33.0. The summed E-state index contributed by atoms with van der Waals surface area (Å²) in [6, 6.07) is 13.1. The largest absolute Gasteiger partial charge is 0.489 e. The smallest absolute Gasteiger partial charge is 0.261 e. The van der Waals surface area contributed by atoms with Crippen molar-refractivity contribution in [1.82, 2.24) is 4.90 Å². The maximum Gasteiger partial charge on any atom is 0.261 e. The van der Waals surface area contributed by atoms with Crippen LogP contribution < -0.4 is 9.46 Å². The van der Waals surface area contributed by atoms with Crippen molar-refractivity contribution in [1.29, 1.82) is 0 Å². The first-order valence-electron chi connectivity index (χ1n) is 8.50. The molecule has 0 radical (unpaired) electrons. The maximum absolute atomic E-state index is 12.5. The summed E-state index contributed by atoms with van der Waals surface area (Å²) in [5, 5.41) is 0. The zero-order valence-corrected chi connectivity index (χ0v) is 15.8. The Balaban J connectivity index is 1.70. The van der Waals surface area contributed by atoms with Crippen LogP contribution in [0.1, 0.15) is 34.6 Å². The van der Waals surface area contributed by atoms with Gasteiger partial charge in [-0.1, -0.05) is 24.3 Å². The number of amides is 2. The van der Waals surface area contributed by atoms with E-state index in [-0.39, 0.29) is 12.6 Å². The van der Waals surface area contributed by atoms with Gasteiger partial charge in [0.1, 0.15) is 5.75 Å². The van der Waals surface area contributed by atoms with Crippen molar-refractivity contribution in [3.05, 3.63) is 59.7 Å². The molecule has 0 aliphatic carbocycles. The third-order valence-electron chi connectivity index (χ3n) is 3.98. The predicted octanol–water partition coefficient (Wildman–Crippen LogP) is 2.51. The second kappa shape index (κ2) is 7.40. The summed E-state index contributed by atoms with van der Waals surface area (Å²) in [6.45, 7) is 3.45. The van der Waals surface area contributed by atoms with Crippen LogP contribution in [0, 0.1) is 0 Å². The molecule has 0 saturated carbocycles. The molecule has 0 bridgehead atoms. The van der Waals surface area contributed by atoms with Crippen molar-refractivity contribution in [2.75, 3.05) is 17.0 Å². The zero-order chi connectivity index (χ0) is 19.6. The van der Waals surface area contributed by atoms with Gasteiger partial charge in [0.15, 0.2) is 0 Å². The number of anilines is 1. The van der Waals surface area contributed by atoms with Crippen LogP contribution in [0.3, 0.4) is 0 Å². The fraction of sp³-hybridized carbons (Fsp3) is 0.263. The van der Waals surface area contributed by atoms with Gasteiger partial charge in [-0.05, 0) is 38.1 Å². The number of hydrogen-bond acceptors (Lipinski definition) is 5. The minimum Gasteiger partial charge on any atom is -0.489 e. The van der Waals surface area contributed by atoms with Crippen LogP contribution in [-0.2, 0) is 10.0 Å². The fourth-order valence-electron chi connectivity index (χ4n) is 2.78. The van der Waals surface area contributed by atoms with E-state index >= 15 is 0 Å². The highest BCUT2D eigenvalue weighted by atomic mass is 32.2. The van der Waals surface area contributed by atoms with E-state index in [1.807, 2.05) is 13.8 Å². The van der Waals surface area contributed by atoms with Gasteiger partial charge < -0.3 is 4.74 Å². The highest BCUT2D eigenvalue weighted by molar-refractivity contribution is 7.92. The number of carbonyl (C=O) groups excluding carboxylic acids is 2. The van der Waals surface area contributed by atoms with E-state index in [1.165, 1.54) is 0 Å². The Hall–Kier alpha value is -2.87. The summed E-state index contributed by atoms with van der Waals surface area (Å²) in [7, 11) is -3.79. The lowest BCUT2D eigenvalue weighted by Gasteiger charge is -2.17. The number of ether oxygens (including phenoxy) is 1. The number of nitrogens with one attached hydrogen (secondary N) is 1. The van der Waals surface area contributed by atoms with Crippen molar-refractivity contribution >= 4 is 27.5 Å². The molecule has 27 heavy (non-hydrogen) atoms. The number of benzene rings is 2. The molecule has 142 valence electrons. The van der Waals surface area contributed by atoms with Crippen LogP contribution in [0.2, 0.25) is 0 Å². The molecule has 2 aromatic rings. The first-order chi connectivity index (χ1) is 12.8. The molecule has 0 aromatic heterocycles. The van der Waals surface area contributed by atoms with E-state index in [0.717, 1.165) is 4.90 Å². The summed E-state index contributed by atoms with van der Waals surface area (Å²) in [5.74, 6) is -0.949. The summed E-state index contributed by atoms with van der Waals surface area (Å²) in [6.07, 6.45) is -0.117. The predicted molar refractivity (Wildman–Crippen MR) is 101 cm³/mol. The van der Waals surface area contributed by atoms with Crippen molar-refractivity contribution in [3.63, 3.8) is 0 Å². The average molecular weight is 388 g/mol. The number of imide groups is 1. The van der Waals surface area contributed by atoms with Crippen LogP contribution in [0.25, 0.3) is 0 Å². The van der Waals surface area contributed by atoms with Crippen molar-refractivity contribution in [3.8, 4) is 5.75 Å². The molecule has 0 unspecified atom stereocenters. The third-order valence-corrected chi connectivity index (χ3v) is 5.23. The number of para-hydroxylation sites is 2. The van der Waals surface area contributed by atoms with E-state index in [2.05, 4.69) is 4.72 Å². The monoisotopic (exact) mass is 388 g/mol. The number of sulfonamides is 1. The minimum absolute atomic E-state index is 0.117. The number of hydrogen-bond donors (Lipinski definition) is 1. The van der Waals surface area contributed by atoms with Crippen LogP contribution in [0.5, 0.6) is 5.75 Å². The molecule has 1 aliphatic rings. The van der Waals surface area contributed by atoms with Crippen LogP contribution in [-0.4, -0.2) is 43.5 Å². The third kappa shape index (κ3) is 4.11. The normalized spacial score (nSPS) is 13.8. The number of rotatable bonds is 7. The molecule has 1 heterocycles. The summed E-state index contributed by atoms with van der Waals surface area (Å²) >= 11 is 0. The molecule has 1 N–H and O–H groups in total. The number of carbonyl (C=O) groups is 2. The molecule has 0 fully saturated rings. The minimum atomic E-state index is -3.79. The standard InChI is InChI=1S/C19H20N2O5S/c1-13(2)26-17-10-6-5-9-16(17)20-27(24,25)12-11-21-18(22)14-7-3-4-8-15(14)19(21)23/h3-10,13,20H,11-12H2,1-2H3. The summed E-state index contributed by atoms with van der Waals surface area (Å²) in [5.41, 5.74) is 0.903. The Morgan fingerprint density at radius 2 is 1.52 bits per heavy atom. The average Bonchev–Trinajstić information content (AvgIpc) is 2.86. The molecule has 7 nitrogen and oxygen atoms in total. The number of fused-ring (bicyclic) bond motifs is 1. The lowest BCUT2D eigenvalue weighted by atomic mass is 10.1. The topological polar surface area (TPSA) is 92.8 Å². The van der Waals surface area contributed by atoms with Crippen molar-refractivity contribution in [2.24, 2.45) is 0 Å². The van der Waals surface area contributed by atoms with E-state index in [4.69, 9.17) is 4.74 Å². The van der Waals surface area contributed by atoms with Gasteiger partial charge in [-0.3, -0.25) is 19.2 Å². The van der Waals surface area contributed by atoms with E-state index in [0.29, 0.717) is 22.6 Å². The SMILES string of the molecule is CC(C)Oc1ccccc1NS(=O)(=O)CCN1C(=O)c2ccccc2C1=O. The zero-order valence-electron chi connectivity index (χ0n) is 15.0. The lowest BCUT2D eigenvalue weighted by molar-refractivity contribution is 0.0664. The first-order valence-corrected chi connectivity index (χ1v) is 10.1. The molecule has 3 rings (SSSR count). The second-order valence-corrected chi connectivity index (χ2v) is 8.23. The van der Waals surface area contributed by atoms with Gasteiger partial charge >= 0.3 is 0 Å². The highest BCUT2D eigenvalue weighted by Crippen LogP contribution is 2.26. The Morgan fingerprint density at radius 1 is 0.963 bits per heavy atom. The quantitative estimate of drug-likeness (QED) is 0.736. The Bertz CT molecular complexity index is 950. The summed E-state index contributed by atoms with van der Waals surface area (Å²) in [4.78, 5) is 25.6. The van der Waals surface area contributed by atoms with E-state index < -0.39 is 27.6 Å². The van der Waals surface area contributed by atoms with Crippen molar-refractivity contribution < 1.29 is 22.7 Å². The molecular weight excluding hydrogens is 368 g/mol. The molecule has 0 saturated heterocycles. The van der Waals surface area contributed by atoms with Crippen LogP contribution in [0.15, 0.2) is 48.5 Å². The van der Waals surface area contributed by atoms with Crippen LogP contribution >= 0.6 is 0 Å². The Morgan fingerprint density at radius 3 is 2.11 bits per heavy atom. The molecule has 2 amide bonds. The van der Waals surface area contributed by atoms with Crippen LogP contribution in [0.4, 0.5) is 5.69 Å². The number of nitrogens with zero attached hydrogens (tertiary/aromatic N) is 1. The molecule has 2 aromatic carbocycles. The molecule has 0 atom stereocenters. The molecular formula is C19H20N2O5S. The van der Waals surface area contributed by atoms with Gasteiger partial charge in [-0.2, -0.15) is 0 Å². The highest BCUT2D eigenvalue weighted by Gasteiger charge is 2.35. The van der Waals surface area contributed by atoms with Gasteiger partial charge in [-0.25, -0.2) is 8.42 Å². The second-order valence-electron chi connectivity index (χ2n) is 6.39. The molecule has 8 heteroatoms. The fourth-order valence-corrected chi connectivity index (χ4v) is 3.81. The Labute approximate surface area is 158 Å². The lowest BCUT2D eigenvalue weighted by Crippen LogP contribution is -2.35. The van der Waals surface area contributed by atoms with Gasteiger partial charge in [-0.15, -0.1) is 0 Å². The molecule has 0 spiro atoms. The van der Waals surface area contributed by atoms with Crippen molar-refractivity contribution in [2.45, 2.75) is 20.0 Å². The maximum atomic E-state index is 12.5. The Kier molecular flexibility index (Phi) is 5.18. The van der Waals surface area contributed by atoms with Gasteiger partial charge in [0.05, 0.1) is 28.7 Å². The van der Waals surface area contributed by atoms with E-state index in [9.17, 15) is 18.0 Å². The van der Waals surface area contributed by atoms with Gasteiger partial charge in [0.25, 0.3) is 11.8 Å². The van der Waals surface area contributed by atoms with Gasteiger partial charge in [0.2, 0.25) is 10.0 Å². The molecule has 1 aliphatic heterocycles. The van der Waals surface area contributed by atoms with Gasteiger partial charge in [0, 0.05) is 6.54 Å². The first kappa shape index (κ1) is 18.9. The van der Waals surface area contributed by atoms with E-state index in [1.54, 1.807) is 48.5 Å².